The predicted octanol–water partition coefficient (Wildman–Crippen LogP) is 7.18. The first-order valence-corrected chi connectivity index (χ1v) is 10.2. The highest BCUT2D eigenvalue weighted by molar-refractivity contribution is 5.28. The lowest BCUT2D eigenvalue weighted by atomic mass is 9.54. The van der Waals surface area contributed by atoms with Crippen LogP contribution in [0, 0.1) is 45.8 Å². The molecular weight excluding hydrogens is 264 g/mol. The predicted molar refractivity (Wildman–Crippen MR) is 98.9 cm³/mol. The van der Waals surface area contributed by atoms with E-state index in [9.17, 15) is 0 Å². The van der Waals surface area contributed by atoms with Gasteiger partial charge in [-0.3, -0.25) is 0 Å². The first-order chi connectivity index (χ1) is 10.2. The van der Waals surface area contributed by atoms with Gasteiger partial charge in [0.15, 0.2) is 0 Å². The summed E-state index contributed by atoms with van der Waals surface area (Å²) in [6.07, 6.45) is 7.09. The van der Waals surface area contributed by atoms with Crippen molar-refractivity contribution in [2.75, 3.05) is 0 Å². The van der Waals surface area contributed by atoms with E-state index < -0.39 is 0 Å². The maximum absolute atomic E-state index is 2.64. The first kappa shape index (κ1) is 18.3. The van der Waals surface area contributed by atoms with E-state index in [1.165, 1.54) is 32.1 Å². The molecular formula is C22H42. The van der Waals surface area contributed by atoms with E-state index in [2.05, 4.69) is 62.3 Å². The molecule has 5 unspecified atom stereocenters. The Morgan fingerprint density at radius 2 is 1.59 bits per heavy atom. The molecule has 2 fully saturated rings. The molecule has 0 aromatic heterocycles. The van der Waals surface area contributed by atoms with Crippen LogP contribution in [0.15, 0.2) is 0 Å². The van der Waals surface area contributed by atoms with E-state index in [0.717, 1.165) is 29.6 Å². The van der Waals surface area contributed by atoms with Gasteiger partial charge in [0.1, 0.15) is 0 Å². The number of hydrogen-bond acceptors (Lipinski definition) is 0. The van der Waals surface area contributed by atoms with E-state index in [1.54, 1.807) is 0 Å². The summed E-state index contributed by atoms with van der Waals surface area (Å²) in [6.45, 7) is 22.6. The Kier molecular flexibility index (Phi) is 4.85. The van der Waals surface area contributed by atoms with Gasteiger partial charge in [-0.2, -0.15) is 0 Å². The monoisotopic (exact) mass is 306 g/mol. The smallest absolute Gasteiger partial charge is 0.0127 e. The molecule has 2 rings (SSSR count). The second kappa shape index (κ2) is 5.82. The van der Waals surface area contributed by atoms with Crippen molar-refractivity contribution in [1.82, 2.24) is 0 Å². The first-order valence-electron chi connectivity index (χ1n) is 10.2. The lowest BCUT2D eigenvalue weighted by Crippen LogP contribution is -2.44. The standard InChI is InChI=1S/C22H42/c1-10-13-21(14-18(21)11-2)22(16(6)17(22)7)20(8,9)19(12-3)15(4)5/h15-19H,10-14H2,1-9H3. The summed E-state index contributed by atoms with van der Waals surface area (Å²) in [5.74, 6) is 4.49. The molecule has 2 saturated carbocycles. The van der Waals surface area contributed by atoms with Crippen LogP contribution in [-0.4, -0.2) is 0 Å². The maximum Gasteiger partial charge on any atom is -0.0127 e. The second-order valence-corrected chi connectivity index (χ2v) is 9.64. The lowest BCUT2D eigenvalue weighted by Gasteiger charge is -2.50. The van der Waals surface area contributed by atoms with E-state index in [1.807, 2.05) is 0 Å². The van der Waals surface area contributed by atoms with Gasteiger partial charge < -0.3 is 0 Å². The van der Waals surface area contributed by atoms with Crippen LogP contribution in [-0.2, 0) is 0 Å². The van der Waals surface area contributed by atoms with Crippen LogP contribution < -0.4 is 0 Å². The molecule has 0 radical (unpaired) electrons. The summed E-state index contributed by atoms with van der Waals surface area (Å²) in [4.78, 5) is 0. The number of rotatable bonds is 8. The average Bonchev–Trinajstić information content (AvgIpc) is 3.27. The largest absolute Gasteiger partial charge is 0.0654 e. The quantitative estimate of drug-likeness (QED) is 0.445. The third kappa shape index (κ3) is 2.07. The van der Waals surface area contributed by atoms with Gasteiger partial charge in [0.2, 0.25) is 0 Å². The second-order valence-electron chi connectivity index (χ2n) is 9.64. The van der Waals surface area contributed by atoms with E-state index >= 15 is 0 Å². The van der Waals surface area contributed by atoms with Crippen LogP contribution in [0.1, 0.15) is 94.4 Å². The average molecular weight is 307 g/mol. The van der Waals surface area contributed by atoms with Gasteiger partial charge in [-0.1, -0.05) is 81.6 Å². The van der Waals surface area contributed by atoms with Gasteiger partial charge in [-0.05, 0) is 58.7 Å². The third-order valence-electron chi connectivity index (χ3n) is 8.56. The molecule has 2 aliphatic carbocycles. The van der Waals surface area contributed by atoms with Gasteiger partial charge in [0, 0.05) is 0 Å². The summed E-state index contributed by atoms with van der Waals surface area (Å²) in [7, 11) is 0. The molecule has 0 amide bonds. The fourth-order valence-corrected chi connectivity index (χ4v) is 8.00. The zero-order valence-electron chi connectivity index (χ0n) is 16.9. The van der Waals surface area contributed by atoms with Crippen molar-refractivity contribution in [3.05, 3.63) is 0 Å². The van der Waals surface area contributed by atoms with Crippen LogP contribution in [0.5, 0.6) is 0 Å². The minimum Gasteiger partial charge on any atom is -0.0654 e. The van der Waals surface area contributed by atoms with Gasteiger partial charge in [0.05, 0.1) is 0 Å². The van der Waals surface area contributed by atoms with Crippen LogP contribution in [0.2, 0.25) is 0 Å². The zero-order chi connectivity index (χ0) is 16.9. The molecule has 0 heteroatoms. The topological polar surface area (TPSA) is 0 Å². The highest BCUT2D eigenvalue weighted by Crippen LogP contribution is 2.86. The molecule has 5 atom stereocenters. The van der Waals surface area contributed by atoms with Gasteiger partial charge in [0.25, 0.3) is 0 Å². The number of hydrogen-bond donors (Lipinski definition) is 0. The highest BCUT2D eigenvalue weighted by Gasteiger charge is 2.81. The molecule has 0 spiro atoms. The Hall–Kier alpha value is 0. The molecule has 0 bridgehead atoms. The summed E-state index contributed by atoms with van der Waals surface area (Å²) < 4.78 is 0. The Bertz CT molecular complexity index is 383. The minimum atomic E-state index is 0.466. The molecule has 0 aliphatic heterocycles. The van der Waals surface area contributed by atoms with E-state index in [0.29, 0.717) is 16.2 Å². The van der Waals surface area contributed by atoms with Crippen molar-refractivity contribution in [2.45, 2.75) is 94.4 Å². The normalized spacial score (nSPS) is 42.5. The molecule has 0 aromatic carbocycles. The van der Waals surface area contributed by atoms with Crippen LogP contribution >= 0.6 is 0 Å². The Morgan fingerprint density at radius 1 is 1.05 bits per heavy atom. The van der Waals surface area contributed by atoms with Crippen LogP contribution in [0.3, 0.4) is 0 Å². The molecule has 0 heterocycles. The van der Waals surface area contributed by atoms with Gasteiger partial charge in [-0.25, -0.2) is 0 Å². The maximum atomic E-state index is 2.64. The van der Waals surface area contributed by atoms with Crippen molar-refractivity contribution in [1.29, 1.82) is 0 Å². The molecule has 2 aliphatic rings. The van der Waals surface area contributed by atoms with Crippen LogP contribution in [0.25, 0.3) is 0 Å². The SMILES string of the molecule is CCCC1(C2(C(C)(C)C(CC)C(C)C)C(C)C2C)CC1CC. The van der Waals surface area contributed by atoms with Crippen LogP contribution in [0.4, 0.5) is 0 Å². The summed E-state index contributed by atoms with van der Waals surface area (Å²) in [6, 6.07) is 0. The third-order valence-corrected chi connectivity index (χ3v) is 8.56. The van der Waals surface area contributed by atoms with Crippen molar-refractivity contribution < 1.29 is 0 Å². The molecule has 0 nitrogen and oxygen atoms in total. The Balaban J connectivity index is 2.46. The van der Waals surface area contributed by atoms with Gasteiger partial charge in [-0.15, -0.1) is 0 Å². The van der Waals surface area contributed by atoms with Crippen molar-refractivity contribution in [3.63, 3.8) is 0 Å². The van der Waals surface area contributed by atoms with E-state index in [-0.39, 0.29) is 0 Å². The fraction of sp³-hybridized carbons (Fsp3) is 1.00. The fourth-order valence-electron chi connectivity index (χ4n) is 8.00. The lowest BCUT2D eigenvalue weighted by molar-refractivity contribution is -0.0219. The summed E-state index contributed by atoms with van der Waals surface area (Å²) in [5.41, 5.74) is 1.73. The molecule has 22 heavy (non-hydrogen) atoms. The summed E-state index contributed by atoms with van der Waals surface area (Å²) >= 11 is 0. The van der Waals surface area contributed by atoms with Gasteiger partial charge >= 0.3 is 0 Å². The van der Waals surface area contributed by atoms with Crippen molar-refractivity contribution in [2.24, 2.45) is 45.8 Å². The molecule has 130 valence electrons. The Morgan fingerprint density at radius 3 is 1.86 bits per heavy atom. The zero-order valence-corrected chi connectivity index (χ0v) is 16.9. The van der Waals surface area contributed by atoms with Crippen molar-refractivity contribution >= 4 is 0 Å². The molecule has 0 N–H and O–H groups in total. The Labute approximate surface area is 140 Å². The minimum absolute atomic E-state index is 0.466. The molecule has 0 saturated heterocycles. The molecule has 0 aromatic rings. The van der Waals surface area contributed by atoms with E-state index in [4.69, 9.17) is 0 Å². The summed E-state index contributed by atoms with van der Waals surface area (Å²) in [5, 5.41) is 0. The van der Waals surface area contributed by atoms with Crippen molar-refractivity contribution in [3.8, 4) is 0 Å². The highest BCUT2D eigenvalue weighted by atomic mass is 14.8.